The third-order valence-corrected chi connectivity index (χ3v) is 5.85. The lowest BCUT2D eigenvalue weighted by Crippen LogP contribution is -2.29. The molecule has 3 rings (SSSR count). The summed E-state index contributed by atoms with van der Waals surface area (Å²) in [4.78, 5) is 41.3. The molecular weight excluding hydrogens is 422 g/mol. The van der Waals surface area contributed by atoms with Crippen molar-refractivity contribution in [1.82, 2.24) is 14.3 Å². The van der Waals surface area contributed by atoms with Gasteiger partial charge in [-0.25, -0.2) is 9.78 Å². The summed E-state index contributed by atoms with van der Waals surface area (Å²) in [6.07, 6.45) is 6.35. The number of thioether (sulfide) groups is 2. The maximum absolute atomic E-state index is 12.3. The van der Waals surface area contributed by atoms with Crippen molar-refractivity contribution in [2.75, 3.05) is 18.9 Å². The molecule has 2 aromatic rings. The Morgan fingerprint density at radius 3 is 2.93 bits per heavy atom. The van der Waals surface area contributed by atoms with Crippen LogP contribution in [0.5, 0.6) is 0 Å². The van der Waals surface area contributed by atoms with Gasteiger partial charge in [-0.3, -0.25) is 18.9 Å². The highest BCUT2D eigenvalue weighted by Gasteiger charge is 2.35. The number of aromatic nitrogens is 2. The largest absolute Gasteiger partial charge is 0.463 e. The Morgan fingerprint density at radius 2 is 2.14 bits per heavy atom. The number of hydrogen-bond acceptors (Lipinski definition) is 7. The molecule has 7 nitrogen and oxygen atoms in total. The molecule has 1 fully saturated rings. The van der Waals surface area contributed by atoms with Crippen LogP contribution >= 0.6 is 35.9 Å². The average Bonchev–Trinajstić information content (AvgIpc) is 3.22. The molecule has 2 aromatic heterocycles. The smallest absolute Gasteiger partial charge is 0.332 e. The number of pyridine rings is 1. The summed E-state index contributed by atoms with van der Waals surface area (Å²) in [6, 6.07) is 5.96. The quantitative estimate of drug-likeness (QED) is 0.267. The van der Waals surface area contributed by atoms with Gasteiger partial charge in [0, 0.05) is 25.0 Å². The SMILES string of the molecule is CCOC(=O)/C=C1\SC(=O)N(CCCCSc2cccc3nccn23)C1=O.Cl. The molecule has 0 aliphatic carbocycles. The van der Waals surface area contributed by atoms with E-state index in [0.717, 1.165) is 40.7 Å². The van der Waals surface area contributed by atoms with E-state index in [4.69, 9.17) is 4.74 Å². The first-order valence-electron chi connectivity index (χ1n) is 8.57. The van der Waals surface area contributed by atoms with Crippen LogP contribution < -0.4 is 0 Å². The summed E-state index contributed by atoms with van der Waals surface area (Å²) in [5, 5.41) is 0.764. The van der Waals surface area contributed by atoms with Crippen LogP contribution in [0.1, 0.15) is 19.8 Å². The Balaban J connectivity index is 0.00000280. The Hall–Kier alpha value is -1.97. The van der Waals surface area contributed by atoms with Gasteiger partial charge in [-0.1, -0.05) is 6.07 Å². The van der Waals surface area contributed by atoms with E-state index in [1.807, 2.05) is 28.8 Å². The van der Waals surface area contributed by atoms with Crippen molar-refractivity contribution < 1.29 is 19.1 Å². The number of amides is 2. The molecule has 0 N–H and O–H groups in total. The van der Waals surface area contributed by atoms with Crippen LogP contribution in [0.3, 0.4) is 0 Å². The van der Waals surface area contributed by atoms with Gasteiger partial charge < -0.3 is 4.74 Å². The molecule has 1 saturated heterocycles. The number of halogens is 1. The van der Waals surface area contributed by atoms with Crippen molar-refractivity contribution >= 4 is 58.7 Å². The minimum atomic E-state index is -0.604. The van der Waals surface area contributed by atoms with Gasteiger partial charge in [-0.05, 0) is 49.4 Å². The van der Waals surface area contributed by atoms with Crippen LogP contribution in [0.25, 0.3) is 5.65 Å². The fourth-order valence-electron chi connectivity index (χ4n) is 2.57. The highest BCUT2D eigenvalue weighted by molar-refractivity contribution is 8.18. The number of imidazole rings is 1. The van der Waals surface area contributed by atoms with E-state index in [1.54, 1.807) is 24.9 Å². The Labute approximate surface area is 177 Å². The topological polar surface area (TPSA) is 81.0 Å². The van der Waals surface area contributed by atoms with E-state index in [0.29, 0.717) is 13.0 Å². The molecule has 28 heavy (non-hydrogen) atoms. The number of nitrogens with zero attached hydrogens (tertiary/aromatic N) is 3. The predicted octanol–water partition coefficient (Wildman–Crippen LogP) is 3.77. The first-order valence-corrected chi connectivity index (χ1v) is 10.4. The highest BCUT2D eigenvalue weighted by Crippen LogP contribution is 2.31. The zero-order valence-electron chi connectivity index (χ0n) is 15.2. The second-order valence-corrected chi connectivity index (χ2v) is 7.77. The lowest BCUT2D eigenvalue weighted by atomic mass is 10.3. The van der Waals surface area contributed by atoms with Crippen LogP contribution in [-0.4, -0.2) is 50.3 Å². The maximum atomic E-state index is 12.3. The average molecular weight is 442 g/mol. The molecule has 0 aromatic carbocycles. The Bertz CT molecular complexity index is 900. The number of carbonyl (C=O) groups is 3. The third-order valence-electron chi connectivity index (χ3n) is 3.83. The minimum Gasteiger partial charge on any atom is -0.463 e. The number of rotatable bonds is 8. The number of imide groups is 1. The minimum absolute atomic E-state index is 0. The molecule has 150 valence electrons. The third kappa shape index (κ3) is 5.30. The van der Waals surface area contributed by atoms with Crippen LogP contribution in [-0.2, 0) is 14.3 Å². The van der Waals surface area contributed by atoms with Crippen molar-refractivity contribution in [3.05, 3.63) is 41.6 Å². The Kier molecular flexibility index (Phi) is 8.40. The lowest BCUT2D eigenvalue weighted by molar-refractivity contribution is -0.137. The van der Waals surface area contributed by atoms with Gasteiger partial charge in [-0.2, -0.15) is 0 Å². The molecule has 10 heteroatoms. The van der Waals surface area contributed by atoms with Crippen LogP contribution in [0.2, 0.25) is 0 Å². The first kappa shape index (κ1) is 22.3. The van der Waals surface area contributed by atoms with Crippen molar-refractivity contribution in [2.24, 2.45) is 0 Å². The van der Waals surface area contributed by atoms with E-state index in [9.17, 15) is 14.4 Å². The summed E-state index contributed by atoms with van der Waals surface area (Å²) >= 11 is 2.49. The molecule has 0 spiro atoms. The van der Waals surface area contributed by atoms with Gasteiger partial charge in [-0.15, -0.1) is 24.2 Å². The summed E-state index contributed by atoms with van der Waals surface area (Å²) in [7, 11) is 0. The summed E-state index contributed by atoms with van der Waals surface area (Å²) in [6.45, 7) is 2.26. The molecule has 1 aliphatic rings. The van der Waals surface area contributed by atoms with Gasteiger partial charge in [0.15, 0.2) is 0 Å². The van der Waals surface area contributed by atoms with E-state index in [1.165, 1.54) is 4.90 Å². The second kappa shape index (κ2) is 10.5. The molecule has 3 heterocycles. The zero-order valence-corrected chi connectivity index (χ0v) is 17.6. The van der Waals surface area contributed by atoms with Gasteiger partial charge >= 0.3 is 5.97 Å². The fourth-order valence-corrected chi connectivity index (χ4v) is 4.42. The van der Waals surface area contributed by atoms with E-state index in [-0.39, 0.29) is 29.2 Å². The maximum Gasteiger partial charge on any atom is 0.332 e. The molecule has 2 amide bonds. The monoisotopic (exact) mass is 441 g/mol. The molecule has 0 radical (unpaired) electrons. The van der Waals surface area contributed by atoms with Crippen molar-refractivity contribution in [3.8, 4) is 0 Å². The number of ether oxygens (including phenoxy) is 1. The number of esters is 1. The molecule has 0 atom stereocenters. The number of unbranched alkanes of at least 4 members (excludes halogenated alkanes) is 1. The van der Waals surface area contributed by atoms with E-state index >= 15 is 0 Å². The van der Waals surface area contributed by atoms with Crippen LogP contribution in [0, 0.1) is 0 Å². The van der Waals surface area contributed by atoms with Gasteiger partial charge in [0.1, 0.15) is 5.65 Å². The van der Waals surface area contributed by atoms with Crippen molar-refractivity contribution in [1.29, 1.82) is 0 Å². The number of fused-ring (bicyclic) bond motifs is 1. The van der Waals surface area contributed by atoms with Gasteiger partial charge in [0.05, 0.1) is 16.5 Å². The summed E-state index contributed by atoms with van der Waals surface area (Å²) in [5.41, 5.74) is 0.909. The summed E-state index contributed by atoms with van der Waals surface area (Å²) < 4.78 is 6.81. The first-order chi connectivity index (χ1) is 13.1. The van der Waals surface area contributed by atoms with E-state index < -0.39 is 11.9 Å². The normalized spacial score (nSPS) is 15.3. The van der Waals surface area contributed by atoms with Crippen LogP contribution in [0.4, 0.5) is 4.79 Å². The van der Waals surface area contributed by atoms with Gasteiger partial charge in [0.25, 0.3) is 11.1 Å². The van der Waals surface area contributed by atoms with Crippen LogP contribution in [0.15, 0.2) is 46.6 Å². The van der Waals surface area contributed by atoms with Crippen molar-refractivity contribution in [3.63, 3.8) is 0 Å². The summed E-state index contributed by atoms with van der Waals surface area (Å²) in [5.74, 6) is -0.159. The fraction of sp³-hybridized carbons (Fsp3) is 0.333. The molecular formula is C18H20ClN3O4S2. The molecule has 0 bridgehead atoms. The second-order valence-electron chi connectivity index (χ2n) is 5.66. The van der Waals surface area contributed by atoms with Gasteiger partial charge in [0.2, 0.25) is 0 Å². The zero-order chi connectivity index (χ0) is 19.2. The molecule has 0 unspecified atom stereocenters. The standard InChI is InChI=1S/C18H19N3O4S2.ClH/c1-2-25-16(22)12-13-17(23)21(18(24)27-13)9-3-4-11-26-15-7-5-6-14-19-8-10-20(14)15;/h5-8,10,12H,2-4,9,11H2,1H3;1H/b13-12-;. The number of hydrogen-bond donors (Lipinski definition) is 0. The van der Waals surface area contributed by atoms with Crippen molar-refractivity contribution in [2.45, 2.75) is 24.8 Å². The highest BCUT2D eigenvalue weighted by atomic mass is 35.5. The number of carbonyl (C=O) groups excluding carboxylic acids is 3. The Morgan fingerprint density at radius 1 is 1.32 bits per heavy atom. The lowest BCUT2D eigenvalue weighted by Gasteiger charge is -2.12. The predicted molar refractivity (Wildman–Crippen MR) is 112 cm³/mol. The van der Waals surface area contributed by atoms with E-state index in [2.05, 4.69) is 4.98 Å². The molecule has 1 aliphatic heterocycles. The molecule has 0 saturated carbocycles.